The molecule has 0 aliphatic rings. The number of alkyl carbamates (subject to hydrolysis) is 1. The zero-order valence-corrected chi connectivity index (χ0v) is 13.9. The molecule has 0 radical (unpaired) electrons. The van der Waals surface area contributed by atoms with Gasteiger partial charge in [0.2, 0.25) is 5.44 Å². The zero-order chi connectivity index (χ0) is 16.5. The molecule has 6 nitrogen and oxygen atoms in total. The van der Waals surface area contributed by atoms with Gasteiger partial charge in [-0.3, -0.25) is 4.79 Å². The maximum absolute atomic E-state index is 11.9. The number of hydrogen-bond acceptors (Lipinski definition) is 5. The summed E-state index contributed by atoms with van der Waals surface area (Å²) in [5, 5.41) is 5.13. The highest BCUT2D eigenvalue weighted by atomic mass is 32.1. The van der Waals surface area contributed by atoms with Crippen molar-refractivity contribution < 1.29 is 19.1 Å². The average Bonchev–Trinajstić information content (AvgIpc) is 2.48. The molecule has 0 aliphatic carbocycles. The minimum Gasteiger partial charge on any atom is -0.470 e. The third-order valence-corrected chi connectivity index (χ3v) is 3.33. The summed E-state index contributed by atoms with van der Waals surface area (Å²) in [7, 11) is 0. The van der Waals surface area contributed by atoms with Gasteiger partial charge in [-0.1, -0.05) is 12.1 Å². The van der Waals surface area contributed by atoms with Crippen molar-refractivity contribution >= 4 is 24.6 Å². The van der Waals surface area contributed by atoms with Crippen LogP contribution < -0.4 is 15.4 Å². The maximum atomic E-state index is 11.9. The van der Waals surface area contributed by atoms with Crippen LogP contribution in [0.15, 0.2) is 18.2 Å². The van der Waals surface area contributed by atoms with E-state index in [2.05, 4.69) is 23.3 Å². The van der Waals surface area contributed by atoms with Gasteiger partial charge in [0.25, 0.3) is 5.91 Å². The summed E-state index contributed by atoms with van der Waals surface area (Å²) in [5.74, 6) is 0.259. The molecule has 1 unspecified atom stereocenters. The molecule has 0 saturated heterocycles. The second kappa shape index (κ2) is 9.19. The van der Waals surface area contributed by atoms with Crippen LogP contribution in [0.4, 0.5) is 4.79 Å². The lowest BCUT2D eigenvalue weighted by molar-refractivity contribution is -0.124. The first-order valence-corrected chi connectivity index (χ1v) is 7.56. The number of benzene rings is 1. The Kier molecular flexibility index (Phi) is 7.59. The number of thiol groups is 1. The summed E-state index contributed by atoms with van der Waals surface area (Å²) in [6.45, 7) is 6.46. The van der Waals surface area contributed by atoms with Crippen molar-refractivity contribution in [1.29, 1.82) is 0 Å². The Morgan fingerprint density at radius 3 is 2.59 bits per heavy atom. The van der Waals surface area contributed by atoms with E-state index in [-0.39, 0.29) is 19.0 Å². The zero-order valence-electron chi connectivity index (χ0n) is 13.0. The molecule has 1 atom stereocenters. The van der Waals surface area contributed by atoms with E-state index in [4.69, 9.17) is 9.47 Å². The van der Waals surface area contributed by atoms with Gasteiger partial charge in [0.1, 0.15) is 5.75 Å². The number of nitrogens with one attached hydrogen (secondary N) is 2. The number of rotatable bonds is 7. The summed E-state index contributed by atoms with van der Waals surface area (Å²) < 4.78 is 10.2. The molecular weight excluding hydrogens is 304 g/mol. The van der Waals surface area contributed by atoms with Gasteiger partial charge in [0.05, 0.1) is 6.61 Å². The number of carbonyl (C=O) groups is 2. The van der Waals surface area contributed by atoms with Crippen LogP contribution >= 0.6 is 12.6 Å². The number of aryl methyl sites for hydroxylation is 1. The second-order valence-electron chi connectivity index (χ2n) is 4.61. The maximum Gasteiger partial charge on any atom is 0.407 e. The molecule has 122 valence electrons. The summed E-state index contributed by atoms with van der Waals surface area (Å²) in [5.41, 5.74) is 1.14. The first kappa shape index (κ1) is 18.2. The van der Waals surface area contributed by atoms with Crippen LogP contribution in [0.2, 0.25) is 0 Å². The van der Waals surface area contributed by atoms with E-state index in [0.717, 1.165) is 11.1 Å². The van der Waals surface area contributed by atoms with E-state index in [9.17, 15) is 9.59 Å². The molecule has 1 rings (SSSR count). The first-order chi connectivity index (χ1) is 10.5. The Morgan fingerprint density at radius 1 is 1.23 bits per heavy atom. The van der Waals surface area contributed by atoms with Gasteiger partial charge in [0, 0.05) is 13.1 Å². The van der Waals surface area contributed by atoms with Crippen LogP contribution in [-0.4, -0.2) is 37.1 Å². The van der Waals surface area contributed by atoms with E-state index in [1.807, 2.05) is 26.0 Å². The van der Waals surface area contributed by atoms with Crippen molar-refractivity contribution in [3.8, 4) is 5.75 Å². The molecule has 0 aliphatic heterocycles. The van der Waals surface area contributed by atoms with E-state index in [1.165, 1.54) is 0 Å². The molecule has 0 spiro atoms. The largest absolute Gasteiger partial charge is 0.470 e. The third kappa shape index (κ3) is 5.85. The molecule has 22 heavy (non-hydrogen) atoms. The molecule has 1 aromatic rings. The van der Waals surface area contributed by atoms with Gasteiger partial charge in [-0.2, -0.15) is 0 Å². The van der Waals surface area contributed by atoms with Crippen LogP contribution in [0, 0.1) is 13.8 Å². The quantitative estimate of drug-likeness (QED) is 0.406. The average molecular weight is 326 g/mol. The van der Waals surface area contributed by atoms with Crippen molar-refractivity contribution in [1.82, 2.24) is 10.6 Å². The molecule has 7 heteroatoms. The Bertz CT molecular complexity index is 522. The van der Waals surface area contributed by atoms with Gasteiger partial charge in [-0.15, -0.1) is 12.6 Å². The highest BCUT2D eigenvalue weighted by Gasteiger charge is 2.16. The Hall–Kier alpha value is -1.89. The summed E-state index contributed by atoms with van der Waals surface area (Å²) in [6, 6.07) is 5.62. The molecule has 0 bridgehead atoms. The Morgan fingerprint density at radius 2 is 1.91 bits per heavy atom. The van der Waals surface area contributed by atoms with E-state index in [0.29, 0.717) is 12.4 Å². The van der Waals surface area contributed by atoms with Gasteiger partial charge < -0.3 is 20.1 Å². The summed E-state index contributed by atoms with van der Waals surface area (Å²) in [4.78, 5) is 22.9. The van der Waals surface area contributed by atoms with Crippen LogP contribution in [0.5, 0.6) is 5.75 Å². The van der Waals surface area contributed by atoms with Crippen molar-refractivity contribution in [3.05, 3.63) is 29.3 Å². The van der Waals surface area contributed by atoms with Gasteiger partial charge in [0.15, 0.2) is 0 Å². The topological polar surface area (TPSA) is 76.7 Å². The number of carbonyl (C=O) groups excluding carboxylic acids is 2. The predicted octanol–water partition coefficient (Wildman–Crippen LogP) is 1.80. The fourth-order valence-electron chi connectivity index (χ4n) is 1.65. The SMILES string of the molecule is CCOC(=O)NCCNC(=O)C(S)Oc1cccc(C)c1C. The first-order valence-electron chi connectivity index (χ1n) is 7.05. The predicted molar refractivity (Wildman–Crippen MR) is 87.4 cm³/mol. The lowest BCUT2D eigenvalue weighted by atomic mass is 10.1. The van der Waals surface area contributed by atoms with Crippen molar-refractivity contribution in [2.24, 2.45) is 0 Å². The van der Waals surface area contributed by atoms with Gasteiger partial charge >= 0.3 is 6.09 Å². The lowest BCUT2D eigenvalue weighted by Crippen LogP contribution is -2.40. The van der Waals surface area contributed by atoms with Gasteiger partial charge in [-0.25, -0.2) is 4.79 Å². The minimum absolute atomic E-state index is 0.269. The molecule has 0 heterocycles. The fraction of sp³-hybridized carbons (Fsp3) is 0.467. The summed E-state index contributed by atoms with van der Waals surface area (Å²) in [6.07, 6.45) is -0.509. The number of ether oxygens (including phenoxy) is 2. The van der Waals surface area contributed by atoms with Crippen molar-refractivity contribution in [2.75, 3.05) is 19.7 Å². The molecule has 1 aromatic carbocycles. The van der Waals surface area contributed by atoms with Crippen LogP contribution in [-0.2, 0) is 9.53 Å². The summed E-state index contributed by atoms with van der Waals surface area (Å²) >= 11 is 4.15. The van der Waals surface area contributed by atoms with Crippen LogP contribution in [0.25, 0.3) is 0 Å². The van der Waals surface area contributed by atoms with Crippen molar-refractivity contribution in [3.63, 3.8) is 0 Å². The molecule has 0 saturated carbocycles. The standard InChI is InChI=1S/C15H22N2O4S/c1-4-20-15(19)17-9-8-16-13(18)14(22)21-12-7-5-6-10(2)11(12)3/h5-7,14,22H,4,8-9H2,1-3H3,(H,16,18)(H,17,19). The molecule has 2 amide bonds. The Labute approximate surface area is 136 Å². The van der Waals surface area contributed by atoms with Gasteiger partial charge in [-0.05, 0) is 38.0 Å². The molecule has 0 aromatic heterocycles. The van der Waals surface area contributed by atoms with E-state index < -0.39 is 11.5 Å². The molecule has 2 N–H and O–H groups in total. The van der Waals surface area contributed by atoms with E-state index >= 15 is 0 Å². The third-order valence-electron chi connectivity index (χ3n) is 2.99. The lowest BCUT2D eigenvalue weighted by Gasteiger charge is -2.16. The molecular formula is C15H22N2O4S. The van der Waals surface area contributed by atoms with Crippen LogP contribution in [0.3, 0.4) is 0 Å². The Balaban J connectivity index is 2.36. The minimum atomic E-state index is -0.914. The van der Waals surface area contributed by atoms with Crippen molar-refractivity contribution in [2.45, 2.75) is 26.2 Å². The van der Waals surface area contributed by atoms with E-state index in [1.54, 1.807) is 13.0 Å². The normalized spacial score (nSPS) is 11.5. The highest BCUT2D eigenvalue weighted by Crippen LogP contribution is 2.22. The fourth-order valence-corrected chi connectivity index (χ4v) is 1.85. The smallest absolute Gasteiger partial charge is 0.407 e. The number of hydrogen-bond donors (Lipinski definition) is 3. The second-order valence-corrected chi connectivity index (χ2v) is 5.08. The number of amides is 2. The van der Waals surface area contributed by atoms with Crippen LogP contribution in [0.1, 0.15) is 18.1 Å². The highest BCUT2D eigenvalue weighted by molar-refractivity contribution is 7.81. The molecule has 0 fully saturated rings. The monoisotopic (exact) mass is 326 g/mol.